The van der Waals surface area contributed by atoms with E-state index in [9.17, 15) is 18.0 Å². The Bertz CT molecular complexity index is 1030. The summed E-state index contributed by atoms with van der Waals surface area (Å²) in [6.45, 7) is 6.42. The van der Waals surface area contributed by atoms with Crippen LogP contribution in [0.15, 0.2) is 29.3 Å². The Balaban J connectivity index is 1.60. The highest BCUT2D eigenvalue weighted by molar-refractivity contribution is 7.89. The van der Waals surface area contributed by atoms with Crippen molar-refractivity contribution in [3.05, 3.63) is 46.8 Å². The van der Waals surface area contributed by atoms with E-state index in [1.807, 2.05) is 32.9 Å². The van der Waals surface area contributed by atoms with Gasteiger partial charge in [0.1, 0.15) is 10.6 Å². The Morgan fingerprint density at radius 3 is 2.40 bits per heavy atom. The summed E-state index contributed by atoms with van der Waals surface area (Å²) in [5, 5.41) is 2.74. The summed E-state index contributed by atoms with van der Waals surface area (Å²) in [5.41, 5.74) is 3.55. The summed E-state index contributed by atoms with van der Waals surface area (Å²) >= 11 is 0. The average Bonchev–Trinajstić information content (AvgIpc) is 3.21. The minimum absolute atomic E-state index is 0.0355. The third-order valence-corrected chi connectivity index (χ3v) is 6.64. The average molecular weight is 436 g/mol. The van der Waals surface area contributed by atoms with Gasteiger partial charge >= 0.3 is 5.97 Å². The highest BCUT2D eigenvalue weighted by atomic mass is 32.2. The number of hydrogen-bond donors (Lipinski definition) is 2. The maximum Gasteiger partial charge on any atom is 0.355 e. The second-order valence-electron chi connectivity index (χ2n) is 7.16. The van der Waals surface area contributed by atoms with Gasteiger partial charge in [0.25, 0.3) is 5.91 Å². The third-order valence-electron chi connectivity index (χ3n) is 4.76. The fourth-order valence-electron chi connectivity index (χ4n) is 3.34. The lowest BCUT2D eigenvalue weighted by molar-refractivity contribution is -0.119. The Morgan fingerprint density at radius 1 is 1.13 bits per heavy atom. The van der Waals surface area contributed by atoms with Gasteiger partial charge < -0.3 is 19.8 Å². The molecule has 1 aliphatic heterocycles. The molecule has 1 saturated heterocycles. The number of anilines is 1. The Hall–Kier alpha value is -2.69. The summed E-state index contributed by atoms with van der Waals surface area (Å²) in [6, 6.07) is 5.10. The first-order valence-electron chi connectivity index (χ1n) is 9.49. The number of hydrogen-bond acceptors (Lipinski definition) is 6. The molecule has 0 atom stereocenters. The lowest BCUT2D eigenvalue weighted by Gasteiger charge is -2.25. The minimum atomic E-state index is -3.72. The number of benzene rings is 1. The van der Waals surface area contributed by atoms with Crippen LogP contribution in [-0.4, -0.2) is 62.5 Å². The van der Waals surface area contributed by atoms with Crippen molar-refractivity contribution < 1.29 is 27.5 Å². The van der Waals surface area contributed by atoms with Crippen molar-refractivity contribution in [2.24, 2.45) is 0 Å². The van der Waals surface area contributed by atoms with Gasteiger partial charge in [-0.2, -0.15) is 4.31 Å². The molecule has 1 amide bonds. The van der Waals surface area contributed by atoms with Crippen LogP contribution in [0.2, 0.25) is 0 Å². The minimum Gasteiger partial charge on any atom is -0.451 e. The summed E-state index contributed by atoms with van der Waals surface area (Å²) in [6.07, 6.45) is 1.24. The SMILES string of the molecule is Cc1cc(C)c(NC(=O)COC(=O)c2cc(S(=O)(=O)N3CCOCC3)c[nH]2)c(C)c1. The number of nitrogens with one attached hydrogen (secondary N) is 2. The molecule has 0 bridgehead atoms. The summed E-state index contributed by atoms with van der Waals surface area (Å²) < 4.78 is 36.7. The molecule has 1 fully saturated rings. The predicted molar refractivity (Wildman–Crippen MR) is 110 cm³/mol. The normalized spacial score (nSPS) is 15.0. The number of amides is 1. The van der Waals surface area contributed by atoms with Gasteiger partial charge in [0.05, 0.1) is 13.2 Å². The van der Waals surface area contributed by atoms with E-state index < -0.39 is 28.5 Å². The Kier molecular flexibility index (Phi) is 6.59. The smallest absolute Gasteiger partial charge is 0.355 e. The van der Waals surface area contributed by atoms with E-state index >= 15 is 0 Å². The van der Waals surface area contributed by atoms with E-state index in [1.165, 1.54) is 16.6 Å². The number of carbonyl (C=O) groups is 2. The van der Waals surface area contributed by atoms with Crippen molar-refractivity contribution in [2.45, 2.75) is 25.7 Å². The molecule has 2 N–H and O–H groups in total. The van der Waals surface area contributed by atoms with Crippen LogP contribution in [0.5, 0.6) is 0 Å². The number of H-pyrrole nitrogens is 1. The number of ether oxygens (including phenoxy) is 2. The molecule has 162 valence electrons. The van der Waals surface area contributed by atoms with Crippen LogP contribution >= 0.6 is 0 Å². The number of carbonyl (C=O) groups excluding carboxylic acids is 2. The Morgan fingerprint density at radius 2 is 1.77 bits per heavy atom. The molecule has 2 heterocycles. The molecule has 0 spiro atoms. The maximum atomic E-state index is 12.6. The first-order valence-corrected chi connectivity index (χ1v) is 10.9. The van der Waals surface area contributed by atoms with Gasteiger partial charge in [0.2, 0.25) is 10.0 Å². The molecule has 1 aromatic heterocycles. The number of aryl methyl sites for hydroxylation is 3. The maximum absolute atomic E-state index is 12.6. The second-order valence-corrected chi connectivity index (χ2v) is 9.10. The van der Waals surface area contributed by atoms with Crippen molar-refractivity contribution >= 4 is 27.6 Å². The van der Waals surface area contributed by atoms with E-state index in [1.54, 1.807) is 0 Å². The van der Waals surface area contributed by atoms with Gasteiger partial charge in [0.15, 0.2) is 6.61 Å². The third kappa shape index (κ3) is 4.89. The molecule has 0 unspecified atom stereocenters. The molecule has 30 heavy (non-hydrogen) atoms. The van der Waals surface area contributed by atoms with Crippen molar-refractivity contribution in [3.8, 4) is 0 Å². The van der Waals surface area contributed by atoms with E-state index in [0.717, 1.165) is 16.7 Å². The first kappa shape index (κ1) is 22.0. The molecule has 3 rings (SSSR count). The molecule has 1 aliphatic rings. The molecule has 2 aromatic rings. The van der Waals surface area contributed by atoms with Gasteiger partial charge in [-0.05, 0) is 38.0 Å². The summed E-state index contributed by atoms with van der Waals surface area (Å²) in [4.78, 5) is 27.0. The standard InChI is InChI=1S/C20H25N3O6S/c1-13-8-14(2)19(15(3)9-13)22-18(24)12-29-20(25)17-10-16(11-21-17)30(26,27)23-4-6-28-7-5-23/h8-11,21H,4-7,12H2,1-3H3,(H,22,24). The highest BCUT2D eigenvalue weighted by Crippen LogP contribution is 2.22. The number of aromatic nitrogens is 1. The Labute approximate surface area is 175 Å². The lowest BCUT2D eigenvalue weighted by Crippen LogP contribution is -2.40. The van der Waals surface area contributed by atoms with Crippen molar-refractivity contribution in [1.82, 2.24) is 9.29 Å². The fourth-order valence-corrected chi connectivity index (χ4v) is 4.74. The van der Waals surface area contributed by atoms with Gasteiger partial charge in [-0.25, -0.2) is 13.2 Å². The lowest BCUT2D eigenvalue weighted by atomic mass is 10.1. The number of sulfonamides is 1. The van der Waals surface area contributed by atoms with Crippen LogP contribution in [0.25, 0.3) is 0 Å². The van der Waals surface area contributed by atoms with E-state index in [-0.39, 0.29) is 23.7 Å². The number of rotatable bonds is 6. The fraction of sp³-hybridized carbons (Fsp3) is 0.400. The molecule has 9 nitrogen and oxygen atoms in total. The molecule has 0 aliphatic carbocycles. The molecular formula is C20H25N3O6S. The zero-order valence-corrected chi connectivity index (χ0v) is 18.0. The van der Waals surface area contributed by atoms with E-state index in [4.69, 9.17) is 9.47 Å². The zero-order valence-electron chi connectivity index (χ0n) is 17.1. The summed E-state index contributed by atoms with van der Waals surface area (Å²) in [7, 11) is -3.72. The quantitative estimate of drug-likeness (QED) is 0.668. The topological polar surface area (TPSA) is 118 Å². The largest absolute Gasteiger partial charge is 0.451 e. The van der Waals surface area contributed by atoms with Crippen LogP contribution in [0.4, 0.5) is 5.69 Å². The summed E-state index contributed by atoms with van der Waals surface area (Å²) in [5.74, 6) is -1.29. The van der Waals surface area contributed by atoms with Crippen LogP contribution in [-0.2, 0) is 24.3 Å². The van der Waals surface area contributed by atoms with Crippen LogP contribution in [0.3, 0.4) is 0 Å². The van der Waals surface area contributed by atoms with E-state index in [2.05, 4.69) is 10.3 Å². The number of nitrogens with zero attached hydrogens (tertiary/aromatic N) is 1. The van der Waals surface area contributed by atoms with Gasteiger partial charge in [0, 0.05) is 25.0 Å². The number of aromatic amines is 1. The number of esters is 1. The van der Waals surface area contributed by atoms with Crippen LogP contribution in [0.1, 0.15) is 27.2 Å². The van der Waals surface area contributed by atoms with Crippen LogP contribution < -0.4 is 5.32 Å². The van der Waals surface area contributed by atoms with Crippen molar-refractivity contribution in [1.29, 1.82) is 0 Å². The second kappa shape index (κ2) is 8.99. The zero-order chi connectivity index (χ0) is 21.9. The van der Waals surface area contributed by atoms with E-state index in [0.29, 0.717) is 18.9 Å². The van der Waals surface area contributed by atoms with Gasteiger partial charge in [-0.1, -0.05) is 17.7 Å². The molecule has 0 radical (unpaired) electrons. The van der Waals surface area contributed by atoms with Crippen LogP contribution in [0, 0.1) is 20.8 Å². The van der Waals surface area contributed by atoms with Crippen molar-refractivity contribution in [2.75, 3.05) is 38.2 Å². The molecular weight excluding hydrogens is 410 g/mol. The molecule has 0 saturated carbocycles. The molecule has 1 aromatic carbocycles. The van der Waals surface area contributed by atoms with Gasteiger partial charge in [-0.15, -0.1) is 0 Å². The van der Waals surface area contributed by atoms with Gasteiger partial charge in [-0.3, -0.25) is 4.79 Å². The first-order chi connectivity index (χ1) is 14.2. The number of morpholine rings is 1. The monoisotopic (exact) mass is 435 g/mol. The predicted octanol–water partition coefficient (Wildman–Crippen LogP) is 1.76. The van der Waals surface area contributed by atoms with Crippen molar-refractivity contribution in [3.63, 3.8) is 0 Å². The molecule has 10 heteroatoms. The highest BCUT2D eigenvalue weighted by Gasteiger charge is 2.28.